The van der Waals surface area contributed by atoms with E-state index in [1.165, 1.54) is 10.9 Å². The normalized spacial score (nSPS) is 10.6. The number of aromatic nitrogens is 3. The fourth-order valence-corrected chi connectivity index (χ4v) is 3.46. The molecular formula is C22H23N5O5. The van der Waals surface area contributed by atoms with Gasteiger partial charge in [-0.1, -0.05) is 0 Å². The van der Waals surface area contributed by atoms with E-state index in [0.29, 0.717) is 34.8 Å². The van der Waals surface area contributed by atoms with Crippen LogP contribution < -0.4 is 5.32 Å². The predicted molar refractivity (Wildman–Crippen MR) is 113 cm³/mol. The van der Waals surface area contributed by atoms with Crippen LogP contribution in [0.15, 0.2) is 22.8 Å². The first-order chi connectivity index (χ1) is 15.1. The number of hydrogen-bond donors (Lipinski definition) is 1. The fourth-order valence-electron chi connectivity index (χ4n) is 3.46. The number of ether oxygens (including phenoxy) is 1. The number of amides is 1. The van der Waals surface area contributed by atoms with Crippen LogP contribution in [-0.2, 0) is 27.9 Å². The lowest BCUT2D eigenvalue weighted by molar-refractivity contribution is -0.142. The Morgan fingerprint density at radius 3 is 2.50 bits per heavy atom. The van der Waals surface area contributed by atoms with Crippen molar-refractivity contribution in [3.8, 4) is 6.07 Å². The molecule has 0 radical (unpaired) electrons. The summed E-state index contributed by atoms with van der Waals surface area (Å²) in [6.07, 6.45) is 1.53. The molecule has 3 rings (SSSR count). The van der Waals surface area contributed by atoms with Crippen LogP contribution in [0.1, 0.15) is 44.3 Å². The first kappa shape index (κ1) is 22.6. The lowest BCUT2D eigenvalue weighted by Gasteiger charge is -2.12. The number of aryl methyl sites for hydroxylation is 2. The molecule has 0 atom stereocenters. The number of hydrogen-bond acceptors (Lipinski definition) is 7. The molecule has 10 heteroatoms. The molecule has 32 heavy (non-hydrogen) atoms. The number of carbonyl (C=O) groups excluding carboxylic acids is 3. The van der Waals surface area contributed by atoms with Crippen molar-refractivity contribution in [1.82, 2.24) is 14.3 Å². The van der Waals surface area contributed by atoms with E-state index < -0.39 is 24.3 Å². The SMILES string of the molecule is Cc1nn(C)c(C)c1C(=O)C(=O)OCC(=O)Nc1c(C#N)c(C)c(C)n1Cc1ccco1. The van der Waals surface area contributed by atoms with Gasteiger partial charge in [0.1, 0.15) is 17.6 Å². The van der Waals surface area contributed by atoms with E-state index in [-0.39, 0.29) is 11.4 Å². The molecule has 3 aromatic heterocycles. The Kier molecular flexibility index (Phi) is 6.30. The molecule has 0 aliphatic carbocycles. The second-order valence-corrected chi connectivity index (χ2v) is 7.33. The molecule has 10 nitrogen and oxygen atoms in total. The summed E-state index contributed by atoms with van der Waals surface area (Å²) in [5.41, 5.74) is 2.87. The third-order valence-electron chi connectivity index (χ3n) is 5.35. The average Bonchev–Trinajstić information content (AvgIpc) is 3.41. The minimum atomic E-state index is -1.15. The predicted octanol–water partition coefficient (Wildman–Crippen LogP) is 2.33. The standard InChI is InChI=1S/C22H23N5O5/c1-12-14(3)27(10-16-7-6-8-31-16)21(17(12)9-23)24-18(28)11-32-22(30)20(29)19-13(2)25-26(5)15(19)4/h6-8H,10-11H2,1-5H3,(H,24,28). The highest BCUT2D eigenvalue weighted by atomic mass is 16.5. The van der Waals surface area contributed by atoms with E-state index in [0.717, 1.165) is 5.69 Å². The van der Waals surface area contributed by atoms with Crippen LogP contribution in [-0.4, -0.2) is 38.6 Å². The number of nitrogens with one attached hydrogen (secondary N) is 1. The van der Waals surface area contributed by atoms with Crippen LogP contribution >= 0.6 is 0 Å². The summed E-state index contributed by atoms with van der Waals surface area (Å²) in [7, 11) is 1.66. The second kappa shape index (κ2) is 8.93. The monoisotopic (exact) mass is 437 g/mol. The number of furan rings is 1. The maximum Gasteiger partial charge on any atom is 0.380 e. The summed E-state index contributed by atoms with van der Waals surface area (Å²) < 4.78 is 13.5. The minimum Gasteiger partial charge on any atom is -0.467 e. The lowest BCUT2D eigenvalue weighted by Crippen LogP contribution is -2.26. The van der Waals surface area contributed by atoms with Crippen molar-refractivity contribution < 1.29 is 23.5 Å². The quantitative estimate of drug-likeness (QED) is 0.341. The number of carbonyl (C=O) groups is 3. The molecule has 1 N–H and O–H groups in total. The first-order valence-electron chi connectivity index (χ1n) is 9.79. The van der Waals surface area contributed by atoms with Crippen molar-refractivity contribution in [1.29, 1.82) is 5.26 Å². The van der Waals surface area contributed by atoms with Gasteiger partial charge in [-0.25, -0.2) is 4.79 Å². The molecule has 1 amide bonds. The number of nitriles is 1. The lowest BCUT2D eigenvalue weighted by atomic mass is 10.1. The van der Waals surface area contributed by atoms with Gasteiger partial charge in [0.15, 0.2) is 6.61 Å². The molecule has 3 aromatic rings. The van der Waals surface area contributed by atoms with E-state index in [4.69, 9.17) is 9.15 Å². The Labute approximate surface area is 184 Å². The summed E-state index contributed by atoms with van der Waals surface area (Å²) >= 11 is 0. The molecule has 0 spiro atoms. The van der Waals surface area contributed by atoms with Gasteiger partial charge in [-0.05, 0) is 45.4 Å². The zero-order chi connectivity index (χ0) is 23.6. The van der Waals surface area contributed by atoms with Gasteiger partial charge in [-0.15, -0.1) is 0 Å². The van der Waals surface area contributed by atoms with Crippen molar-refractivity contribution in [2.75, 3.05) is 11.9 Å². The first-order valence-corrected chi connectivity index (χ1v) is 9.79. The van der Waals surface area contributed by atoms with Crippen molar-refractivity contribution in [3.63, 3.8) is 0 Å². The molecule has 0 fully saturated rings. The summed E-state index contributed by atoms with van der Waals surface area (Å²) in [6, 6.07) is 5.61. The van der Waals surface area contributed by atoms with Gasteiger partial charge in [0.25, 0.3) is 11.7 Å². The molecule has 0 aliphatic rings. The fraction of sp³-hybridized carbons (Fsp3) is 0.318. The zero-order valence-corrected chi connectivity index (χ0v) is 18.5. The van der Waals surface area contributed by atoms with E-state index in [9.17, 15) is 19.6 Å². The number of nitrogens with zero attached hydrogens (tertiary/aromatic N) is 4. The van der Waals surface area contributed by atoms with Crippen LogP contribution in [0.4, 0.5) is 5.82 Å². The highest BCUT2D eigenvalue weighted by Crippen LogP contribution is 2.27. The van der Waals surface area contributed by atoms with Crippen LogP contribution in [0.2, 0.25) is 0 Å². The molecule has 0 unspecified atom stereocenters. The average molecular weight is 437 g/mol. The molecule has 0 bridgehead atoms. The van der Waals surface area contributed by atoms with Crippen molar-refractivity contribution in [2.24, 2.45) is 7.05 Å². The Morgan fingerprint density at radius 2 is 1.94 bits per heavy atom. The van der Waals surface area contributed by atoms with Crippen molar-refractivity contribution >= 4 is 23.5 Å². The summed E-state index contributed by atoms with van der Waals surface area (Å²) in [5.74, 6) is -1.79. The number of anilines is 1. The largest absolute Gasteiger partial charge is 0.467 e. The molecule has 0 aromatic carbocycles. The van der Waals surface area contributed by atoms with E-state index in [1.54, 1.807) is 44.5 Å². The Bertz CT molecular complexity index is 1240. The van der Waals surface area contributed by atoms with E-state index >= 15 is 0 Å². The van der Waals surface area contributed by atoms with Gasteiger partial charge in [-0.3, -0.25) is 14.3 Å². The highest BCUT2D eigenvalue weighted by Gasteiger charge is 2.26. The van der Waals surface area contributed by atoms with Crippen LogP contribution in [0.3, 0.4) is 0 Å². The zero-order valence-electron chi connectivity index (χ0n) is 18.5. The molecule has 166 valence electrons. The number of rotatable bonds is 7. The van der Waals surface area contributed by atoms with Crippen LogP contribution in [0.5, 0.6) is 0 Å². The molecule has 0 aliphatic heterocycles. The van der Waals surface area contributed by atoms with E-state index in [1.807, 2.05) is 6.92 Å². The topological polar surface area (TPSA) is 132 Å². The molecular weight excluding hydrogens is 414 g/mol. The Morgan fingerprint density at radius 1 is 1.22 bits per heavy atom. The maximum atomic E-state index is 12.5. The molecule has 3 heterocycles. The number of ketones is 1. The number of Topliss-reactive ketones (excluding diaryl/α,β-unsaturated/α-hetero) is 1. The van der Waals surface area contributed by atoms with Gasteiger partial charge in [0, 0.05) is 18.4 Å². The minimum absolute atomic E-state index is 0.156. The number of esters is 1. The van der Waals surface area contributed by atoms with E-state index in [2.05, 4.69) is 16.5 Å². The van der Waals surface area contributed by atoms with Crippen LogP contribution in [0, 0.1) is 39.0 Å². The molecule has 0 saturated heterocycles. The van der Waals surface area contributed by atoms with Crippen LogP contribution in [0.25, 0.3) is 0 Å². The maximum absolute atomic E-state index is 12.5. The molecule has 0 saturated carbocycles. The van der Waals surface area contributed by atoms with Gasteiger partial charge in [0.05, 0.1) is 29.6 Å². The third-order valence-corrected chi connectivity index (χ3v) is 5.35. The second-order valence-electron chi connectivity index (χ2n) is 7.33. The van der Waals surface area contributed by atoms with Gasteiger partial charge < -0.3 is 19.0 Å². The third kappa shape index (κ3) is 4.18. The Balaban J connectivity index is 1.73. The smallest absolute Gasteiger partial charge is 0.380 e. The highest BCUT2D eigenvalue weighted by molar-refractivity contribution is 6.41. The summed E-state index contributed by atoms with van der Waals surface area (Å²) in [4.78, 5) is 37.1. The summed E-state index contributed by atoms with van der Waals surface area (Å²) in [5, 5.41) is 16.3. The van der Waals surface area contributed by atoms with Gasteiger partial charge in [0.2, 0.25) is 0 Å². The van der Waals surface area contributed by atoms with Gasteiger partial charge in [-0.2, -0.15) is 10.4 Å². The van der Waals surface area contributed by atoms with Gasteiger partial charge >= 0.3 is 5.97 Å². The van der Waals surface area contributed by atoms with Crippen molar-refractivity contribution in [3.05, 3.63) is 57.9 Å². The Hall–Kier alpha value is -4.13. The van der Waals surface area contributed by atoms with Crippen molar-refractivity contribution in [2.45, 2.75) is 34.2 Å². The summed E-state index contributed by atoms with van der Waals surface area (Å²) in [6.45, 7) is 6.49.